The summed E-state index contributed by atoms with van der Waals surface area (Å²) >= 11 is 6.89. The molecule has 1 amide bonds. The van der Waals surface area contributed by atoms with E-state index in [0.717, 1.165) is 38.2 Å². The normalized spacial score (nSPS) is 24.5. The van der Waals surface area contributed by atoms with Crippen LogP contribution in [0.25, 0.3) is 0 Å². The number of hydrogen-bond donors (Lipinski definition) is 0. The summed E-state index contributed by atoms with van der Waals surface area (Å²) in [5, 5.41) is 0. The Bertz CT molecular complexity index is 1080. The number of rotatable bonds is 4. The molecular formula is C23H23N3O2S2. The fourth-order valence-corrected chi connectivity index (χ4v) is 6.09. The summed E-state index contributed by atoms with van der Waals surface area (Å²) in [5.74, 6) is 0.759. The summed E-state index contributed by atoms with van der Waals surface area (Å²) in [5.41, 5.74) is 2.41. The number of carbonyl (C=O) groups is 1. The zero-order valence-corrected chi connectivity index (χ0v) is 18.2. The van der Waals surface area contributed by atoms with Gasteiger partial charge in [-0.05, 0) is 30.4 Å². The number of pyridine rings is 1. The quantitative estimate of drug-likeness (QED) is 0.543. The average Bonchev–Trinajstić information content (AvgIpc) is 3.00. The predicted octanol–water partition coefficient (Wildman–Crippen LogP) is 3.21. The first-order valence-electron chi connectivity index (χ1n) is 10.3. The molecule has 7 heteroatoms. The number of thioether (sulfide) groups is 1. The highest BCUT2D eigenvalue weighted by Gasteiger charge is 2.36. The van der Waals surface area contributed by atoms with E-state index in [0.29, 0.717) is 27.6 Å². The summed E-state index contributed by atoms with van der Waals surface area (Å²) in [6.45, 7) is 3.06. The van der Waals surface area contributed by atoms with Crippen LogP contribution in [0.1, 0.15) is 23.6 Å². The van der Waals surface area contributed by atoms with Crippen molar-refractivity contribution in [2.45, 2.75) is 25.3 Å². The Kier molecular flexibility index (Phi) is 5.25. The first kappa shape index (κ1) is 19.6. The van der Waals surface area contributed by atoms with Crippen LogP contribution in [0.5, 0.6) is 0 Å². The highest BCUT2D eigenvalue weighted by Crippen LogP contribution is 2.37. The second kappa shape index (κ2) is 8.04. The number of fused-ring (bicyclic) bond motifs is 4. The highest BCUT2D eigenvalue weighted by atomic mass is 32.2. The molecule has 0 aliphatic carbocycles. The van der Waals surface area contributed by atoms with Crippen molar-refractivity contribution < 1.29 is 4.79 Å². The van der Waals surface area contributed by atoms with E-state index in [1.54, 1.807) is 11.0 Å². The smallest absolute Gasteiger partial charge is 0.267 e. The lowest BCUT2D eigenvalue weighted by molar-refractivity contribution is -0.122. The Labute approximate surface area is 185 Å². The van der Waals surface area contributed by atoms with Gasteiger partial charge in [0.2, 0.25) is 0 Å². The Morgan fingerprint density at radius 1 is 1.03 bits per heavy atom. The van der Waals surface area contributed by atoms with Crippen LogP contribution in [0, 0.1) is 5.92 Å². The van der Waals surface area contributed by atoms with Gasteiger partial charge in [-0.3, -0.25) is 14.5 Å². The van der Waals surface area contributed by atoms with E-state index in [9.17, 15) is 9.59 Å². The maximum absolute atomic E-state index is 13.0. The maximum atomic E-state index is 13.0. The van der Waals surface area contributed by atoms with Gasteiger partial charge in [0.1, 0.15) is 4.32 Å². The van der Waals surface area contributed by atoms with Crippen LogP contribution < -0.4 is 5.56 Å². The largest absolute Gasteiger partial charge is 0.375 e. The van der Waals surface area contributed by atoms with Crippen molar-refractivity contribution in [2.24, 2.45) is 5.92 Å². The van der Waals surface area contributed by atoms with E-state index >= 15 is 0 Å². The van der Waals surface area contributed by atoms with Crippen molar-refractivity contribution in [3.63, 3.8) is 0 Å². The summed E-state index contributed by atoms with van der Waals surface area (Å²) in [6, 6.07) is 15.7. The van der Waals surface area contributed by atoms with Gasteiger partial charge in [-0.25, -0.2) is 0 Å². The van der Waals surface area contributed by atoms with E-state index in [-0.39, 0.29) is 11.5 Å². The Morgan fingerprint density at radius 2 is 1.87 bits per heavy atom. The van der Waals surface area contributed by atoms with Crippen molar-refractivity contribution in [1.29, 1.82) is 0 Å². The number of benzene rings is 1. The Balaban J connectivity index is 1.29. The first-order valence-corrected chi connectivity index (χ1v) is 11.5. The van der Waals surface area contributed by atoms with Gasteiger partial charge in [0.15, 0.2) is 0 Å². The third kappa shape index (κ3) is 3.72. The van der Waals surface area contributed by atoms with Gasteiger partial charge in [-0.2, -0.15) is 0 Å². The third-order valence-electron chi connectivity index (χ3n) is 6.15. The van der Waals surface area contributed by atoms with Gasteiger partial charge < -0.3 is 9.47 Å². The van der Waals surface area contributed by atoms with Gasteiger partial charge in [0, 0.05) is 50.1 Å². The van der Waals surface area contributed by atoms with Gasteiger partial charge in [-0.15, -0.1) is 0 Å². The van der Waals surface area contributed by atoms with Gasteiger partial charge in [0.25, 0.3) is 11.5 Å². The molecule has 0 saturated carbocycles. The minimum atomic E-state index is 0.00767. The topological polar surface area (TPSA) is 45.6 Å². The molecule has 0 radical (unpaired) electrons. The monoisotopic (exact) mass is 437 g/mol. The van der Waals surface area contributed by atoms with E-state index in [1.807, 2.05) is 35.0 Å². The molecule has 1 aromatic heterocycles. The number of likely N-dealkylation sites (tertiary alicyclic amines) is 1. The van der Waals surface area contributed by atoms with Crippen LogP contribution in [0.3, 0.4) is 0 Å². The number of amides is 1. The second-order valence-electron chi connectivity index (χ2n) is 8.21. The maximum Gasteiger partial charge on any atom is 0.267 e. The van der Waals surface area contributed by atoms with Crippen LogP contribution >= 0.6 is 24.0 Å². The van der Waals surface area contributed by atoms with E-state index in [4.69, 9.17) is 12.2 Å². The van der Waals surface area contributed by atoms with Crippen LogP contribution in [-0.2, 0) is 17.8 Å². The van der Waals surface area contributed by atoms with E-state index in [2.05, 4.69) is 23.1 Å². The molecule has 4 heterocycles. The lowest BCUT2D eigenvalue weighted by atomic mass is 9.83. The summed E-state index contributed by atoms with van der Waals surface area (Å²) < 4.78 is 2.57. The number of thiocarbonyl (C=S) groups is 1. The zero-order chi connectivity index (χ0) is 20.7. The van der Waals surface area contributed by atoms with Crippen LogP contribution in [-0.4, -0.2) is 44.2 Å². The van der Waals surface area contributed by atoms with Gasteiger partial charge in [0.05, 0.1) is 4.91 Å². The standard InChI is InChI=1S/C23H23N3O2S2/c27-21-8-4-7-19-18-11-17(13-26(19)21)12-24(14-18)15-20-22(28)25(23(29)30-20)10-9-16-5-2-1-3-6-16/h1-8,15,17-18H,9-14H2/b20-15-/t17-,18-/m0/s1. The molecule has 1 aromatic carbocycles. The lowest BCUT2D eigenvalue weighted by Crippen LogP contribution is -2.45. The number of hydrogen-bond acceptors (Lipinski definition) is 5. The predicted molar refractivity (Wildman–Crippen MR) is 123 cm³/mol. The lowest BCUT2D eigenvalue weighted by Gasteiger charge is -2.42. The van der Waals surface area contributed by atoms with Crippen LogP contribution in [0.15, 0.2) is 64.4 Å². The number of carbonyl (C=O) groups excluding carboxylic acids is 1. The minimum Gasteiger partial charge on any atom is -0.375 e. The zero-order valence-electron chi connectivity index (χ0n) is 16.6. The second-order valence-corrected chi connectivity index (χ2v) is 9.88. The molecule has 2 saturated heterocycles. The average molecular weight is 438 g/mol. The van der Waals surface area contributed by atoms with Gasteiger partial charge in [-0.1, -0.05) is 60.4 Å². The molecule has 2 bridgehead atoms. The van der Waals surface area contributed by atoms with Crippen LogP contribution in [0.4, 0.5) is 0 Å². The van der Waals surface area contributed by atoms with Crippen molar-refractivity contribution in [3.8, 4) is 0 Å². The van der Waals surface area contributed by atoms with Crippen molar-refractivity contribution in [2.75, 3.05) is 19.6 Å². The molecular weight excluding hydrogens is 414 g/mol. The number of aromatic nitrogens is 1. The van der Waals surface area contributed by atoms with Crippen molar-refractivity contribution in [1.82, 2.24) is 14.4 Å². The number of piperidine rings is 1. The molecule has 3 aliphatic heterocycles. The molecule has 5 nitrogen and oxygen atoms in total. The summed E-state index contributed by atoms with van der Waals surface area (Å²) in [7, 11) is 0. The highest BCUT2D eigenvalue weighted by molar-refractivity contribution is 8.26. The summed E-state index contributed by atoms with van der Waals surface area (Å²) in [6.07, 6.45) is 3.89. The van der Waals surface area contributed by atoms with E-state index < -0.39 is 0 Å². The molecule has 5 rings (SSSR count). The SMILES string of the molecule is O=C1/C(=C/N2C[C@@H]3C[C@@H](C2)c2cccc(=O)n2C3)SC(=S)N1CCc1ccccc1. The molecule has 2 atom stereocenters. The summed E-state index contributed by atoms with van der Waals surface area (Å²) in [4.78, 5) is 29.9. The molecule has 154 valence electrons. The fraction of sp³-hybridized carbons (Fsp3) is 0.348. The van der Waals surface area contributed by atoms with Crippen molar-refractivity contribution >= 4 is 34.2 Å². The van der Waals surface area contributed by atoms with Crippen molar-refractivity contribution in [3.05, 3.63) is 81.2 Å². The Hall–Kier alpha value is -2.38. The van der Waals surface area contributed by atoms with E-state index in [1.165, 1.54) is 17.3 Å². The van der Waals surface area contributed by atoms with Crippen LogP contribution in [0.2, 0.25) is 0 Å². The fourth-order valence-electron chi connectivity index (χ4n) is 4.77. The molecule has 2 aromatic rings. The molecule has 0 unspecified atom stereocenters. The third-order valence-corrected chi connectivity index (χ3v) is 7.51. The molecule has 0 N–H and O–H groups in total. The minimum absolute atomic E-state index is 0.00767. The molecule has 30 heavy (non-hydrogen) atoms. The molecule has 0 spiro atoms. The van der Waals surface area contributed by atoms with Gasteiger partial charge >= 0.3 is 0 Å². The molecule has 2 fully saturated rings. The first-order chi connectivity index (χ1) is 14.6. The molecule has 3 aliphatic rings. The number of nitrogens with zero attached hydrogens (tertiary/aromatic N) is 3. The Morgan fingerprint density at radius 3 is 2.70 bits per heavy atom.